The minimum atomic E-state index is -0.461. The normalized spacial score (nSPS) is 10.2. The van der Waals surface area contributed by atoms with Gasteiger partial charge in [-0.2, -0.15) is 0 Å². The highest BCUT2D eigenvalue weighted by Gasteiger charge is 2.03. The zero-order valence-electron chi connectivity index (χ0n) is 12.1. The van der Waals surface area contributed by atoms with E-state index in [-0.39, 0.29) is 0 Å². The Morgan fingerprint density at radius 1 is 1.13 bits per heavy atom. The molecule has 0 aliphatic heterocycles. The topological polar surface area (TPSA) is 67.2 Å². The fourth-order valence-electron chi connectivity index (χ4n) is 1.93. The van der Waals surface area contributed by atoms with Gasteiger partial charge in [-0.25, -0.2) is 0 Å². The molecular weight excluding hydrogens is 353 g/mol. The molecule has 0 bridgehead atoms. The highest BCUT2D eigenvalue weighted by molar-refractivity contribution is 7.80. The predicted molar refractivity (Wildman–Crippen MR) is 99.3 cm³/mol. The first-order valence-corrected chi connectivity index (χ1v) is 8.01. The molecule has 0 aliphatic carbocycles. The highest BCUT2D eigenvalue weighted by Crippen LogP contribution is 2.21. The van der Waals surface area contributed by atoms with E-state index < -0.39 is 5.91 Å². The van der Waals surface area contributed by atoms with E-state index in [2.05, 4.69) is 10.6 Å². The van der Waals surface area contributed by atoms with Crippen LogP contribution in [0.3, 0.4) is 0 Å². The van der Waals surface area contributed by atoms with Gasteiger partial charge in [-0.1, -0.05) is 29.3 Å². The summed E-state index contributed by atoms with van der Waals surface area (Å²) >= 11 is 17.2. The first kappa shape index (κ1) is 17.5. The molecule has 0 atom stereocenters. The number of carbonyl (C=O) groups excluding carboxylic acids is 1. The Labute approximate surface area is 150 Å². The summed E-state index contributed by atoms with van der Waals surface area (Å²) < 4.78 is 0. The summed E-state index contributed by atoms with van der Waals surface area (Å²) in [6, 6.07) is 12.2. The van der Waals surface area contributed by atoms with Gasteiger partial charge in [-0.3, -0.25) is 4.79 Å². The van der Waals surface area contributed by atoms with Gasteiger partial charge in [0.05, 0.1) is 0 Å². The van der Waals surface area contributed by atoms with Crippen molar-refractivity contribution in [1.29, 1.82) is 0 Å². The van der Waals surface area contributed by atoms with Crippen molar-refractivity contribution in [2.75, 3.05) is 11.9 Å². The third kappa shape index (κ3) is 5.39. The van der Waals surface area contributed by atoms with E-state index >= 15 is 0 Å². The van der Waals surface area contributed by atoms with Gasteiger partial charge in [0.25, 0.3) is 0 Å². The number of anilines is 1. The monoisotopic (exact) mass is 367 g/mol. The van der Waals surface area contributed by atoms with E-state index in [1.165, 1.54) is 0 Å². The lowest BCUT2D eigenvalue weighted by Crippen LogP contribution is -2.30. The van der Waals surface area contributed by atoms with Crippen molar-refractivity contribution in [3.63, 3.8) is 0 Å². The van der Waals surface area contributed by atoms with Crippen LogP contribution in [0.2, 0.25) is 10.0 Å². The van der Waals surface area contributed by atoms with Crippen molar-refractivity contribution < 1.29 is 4.79 Å². The molecule has 0 saturated heterocycles. The summed E-state index contributed by atoms with van der Waals surface area (Å²) in [5.74, 6) is -0.461. The van der Waals surface area contributed by atoms with E-state index in [9.17, 15) is 4.79 Å². The Bertz CT molecular complexity index is 720. The molecule has 0 heterocycles. The molecule has 0 fully saturated rings. The minimum absolute atomic E-state index is 0.451. The van der Waals surface area contributed by atoms with Gasteiger partial charge in [-0.15, -0.1) is 0 Å². The molecule has 0 aromatic heterocycles. The standard InChI is InChI=1S/C16H15Cl2N3OS/c17-12-4-1-10(14(18)9-12)7-8-20-16(23)21-13-5-2-11(3-6-13)15(19)22/h1-6,9H,7-8H2,(H2,19,22)(H2,20,21,23). The van der Waals surface area contributed by atoms with E-state index in [0.717, 1.165) is 17.7 Å². The molecule has 1 amide bonds. The second-order valence-corrected chi connectivity index (χ2v) is 6.06. The molecule has 4 nitrogen and oxygen atoms in total. The van der Waals surface area contributed by atoms with Crippen LogP contribution in [0, 0.1) is 0 Å². The van der Waals surface area contributed by atoms with Crippen LogP contribution in [-0.2, 0) is 6.42 Å². The average molecular weight is 368 g/mol. The van der Waals surface area contributed by atoms with Crippen molar-refractivity contribution in [3.8, 4) is 0 Å². The van der Waals surface area contributed by atoms with Crippen LogP contribution < -0.4 is 16.4 Å². The summed E-state index contributed by atoms with van der Waals surface area (Å²) in [4.78, 5) is 11.0. The molecule has 0 radical (unpaired) electrons. The maximum atomic E-state index is 11.0. The van der Waals surface area contributed by atoms with Crippen molar-refractivity contribution >= 4 is 52.1 Å². The summed E-state index contributed by atoms with van der Waals surface area (Å²) in [5, 5.41) is 7.87. The Morgan fingerprint density at radius 2 is 1.83 bits per heavy atom. The number of hydrogen-bond donors (Lipinski definition) is 3. The number of nitrogens with two attached hydrogens (primary N) is 1. The van der Waals surface area contributed by atoms with Gasteiger partial charge in [-0.05, 0) is 60.6 Å². The fraction of sp³-hybridized carbons (Fsp3) is 0.125. The lowest BCUT2D eigenvalue weighted by molar-refractivity contribution is 0.100. The molecule has 0 aliphatic rings. The summed E-state index contributed by atoms with van der Waals surface area (Å²) in [6.07, 6.45) is 0.721. The lowest BCUT2D eigenvalue weighted by Gasteiger charge is -2.11. The molecule has 120 valence electrons. The van der Waals surface area contributed by atoms with Gasteiger partial charge in [0.1, 0.15) is 0 Å². The van der Waals surface area contributed by atoms with Crippen LogP contribution in [0.5, 0.6) is 0 Å². The molecule has 0 spiro atoms. The highest BCUT2D eigenvalue weighted by atomic mass is 35.5. The van der Waals surface area contributed by atoms with Crippen LogP contribution in [0.1, 0.15) is 15.9 Å². The summed E-state index contributed by atoms with van der Waals surface area (Å²) in [6.45, 7) is 0.632. The maximum absolute atomic E-state index is 11.0. The Hall–Kier alpha value is -1.82. The zero-order valence-corrected chi connectivity index (χ0v) is 14.4. The quantitative estimate of drug-likeness (QED) is 0.706. The Balaban J connectivity index is 1.82. The number of halogens is 2. The first-order valence-electron chi connectivity index (χ1n) is 6.84. The molecule has 23 heavy (non-hydrogen) atoms. The second kappa shape index (κ2) is 8.15. The van der Waals surface area contributed by atoms with Gasteiger partial charge in [0, 0.05) is 27.8 Å². The molecule has 2 aromatic rings. The van der Waals surface area contributed by atoms with Crippen molar-refractivity contribution in [2.45, 2.75) is 6.42 Å². The molecule has 0 unspecified atom stereocenters. The summed E-state index contributed by atoms with van der Waals surface area (Å²) in [5.41, 5.74) is 7.41. The van der Waals surface area contributed by atoms with E-state index in [0.29, 0.717) is 27.3 Å². The molecule has 0 saturated carbocycles. The van der Waals surface area contributed by atoms with Gasteiger partial charge in [0.15, 0.2) is 5.11 Å². The van der Waals surface area contributed by atoms with Crippen molar-refractivity contribution in [2.24, 2.45) is 5.73 Å². The molecule has 4 N–H and O–H groups in total. The lowest BCUT2D eigenvalue weighted by atomic mass is 10.1. The first-order chi connectivity index (χ1) is 11.0. The number of amides is 1. The fourth-order valence-corrected chi connectivity index (χ4v) is 2.65. The molecule has 2 rings (SSSR count). The third-order valence-electron chi connectivity index (χ3n) is 3.12. The average Bonchev–Trinajstić information content (AvgIpc) is 2.50. The number of nitrogens with one attached hydrogen (secondary N) is 2. The molecule has 2 aromatic carbocycles. The number of carbonyl (C=O) groups is 1. The third-order valence-corrected chi connectivity index (χ3v) is 3.96. The molecule has 7 heteroatoms. The van der Waals surface area contributed by atoms with Crippen molar-refractivity contribution in [3.05, 3.63) is 63.6 Å². The second-order valence-electron chi connectivity index (χ2n) is 4.81. The smallest absolute Gasteiger partial charge is 0.248 e. The number of thiocarbonyl (C=S) groups is 1. The number of hydrogen-bond acceptors (Lipinski definition) is 2. The van der Waals surface area contributed by atoms with Gasteiger partial charge >= 0.3 is 0 Å². The predicted octanol–water partition coefficient (Wildman–Crippen LogP) is 3.62. The van der Waals surface area contributed by atoms with Crippen molar-refractivity contribution in [1.82, 2.24) is 5.32 Å². The van der Waals surface area contributed by atoms with Crippen LogP contribution in [-0.4, -0.2) is 17.6 Å². The minimum Gasteiger partial charge on any atom is -0.366 e. The summed E-state index contributed by atoms with van der Waals surface area (Å²) in [7, 11) is 0. The number of benzene rings is 2. The van der Waals surface area contributed by atoms with E-state index in [1.807, 2.05) is 6.07 Å². The number of primary amides is 1. The van der Waals surface area contributed by atoms with Crippen LogP contribution in [0.25, 0.3) is 0 Å². The van der Waals surface area contributed by atoms with Crippen LogP contribution in [0.4, 0.5) is 5.69 Å². The van der Waals surface area contributed by atoms with E-state index in [1.54, 1.807) is 36.4 Å². The van der Waals surface area contributed by atoms with Gasteiger partial charge in [0.2, 0.25) is 5.91 Å². The van der Waals surface area contributed by atoms with Crippen LogP contribution in [0.15, 0.2) is 42.5 Å². The zero-order chi connectivity index (χ0) is 16.8. The molecular formula is C16H15Cl2N3OS. The van der Waals surface area contributed by atoms with E-state index in [4.69, 9.17) is 41.2 Å². The maximum Gasteiger partial charge on any atom is 0.248 e. The Kier molecular flexibility index (Phi) is 6.21. The Morgan fingerprint density at radius 3 is 2.43 bits per heavy atom. The largest absolute Gasteiger partial charge is 0.366 e. The van der Waals surface area contributed by atoms with Crippen LogP contribution >= 0.6 is 35.4 Å². The SMILES string of the molecule is NC(=O)c1ccc(NC(=S)NCCc2ccc(Cl)cc2Cl)cc1. The van der Waals surface area contributed by atoms with Gasteiger partial charge < -0.3 is 16.4 Å². The number of rotatable bonds is 5.